The smallest absolute Gasteiger partial charge is 0.128 e. The van der Waals surface area contributed by atoms with Gasteiger partial charge in [0.15, 0.2) is 0 Å². The molecule has 2 N–H and O–H groups in total. The molecule has 70 valence electrons. The molecule has 1 atom stereocenters. The molecule has 0 spiro atoms. The van der Waals surface area contributed by atoms with Crippen molar-refractivity contribution in [3.05, 3.63) is 22.8 Å². The van der Waals surface area contributed by atoms with E-state index in [1.54, 1.807) is 0 Å². The van der Waals surface area contributed by atoms with Crippen LogP contribution in [0.5, 0.6) is 0 Å². The molecule has 1 aliphatic heterocycles. The van der Waals surface area contributed by atoms with Crippen LogP contribution in [0.3, 0.4) is 0 Å². The Morgan fingerprint density at radius 3 is 2.92 bits per heavy atom. The highest BCUT2D eigenvalue weighted by Gasteiger charge is 2.19. The summed E-state index contributed by atoms with van der Waals surface area (Å²) >= 11 is 3.36. The fraction of sp³-hybridized carbons (Fsp3) is 0.444. The van der Waals surface area contributed by atoms with Crippen molar-refractivity contribution >= 4 is 21.7 Å². The summed E-state index contributed by atoms with van der Waals surface area (Å²) in [4.78, 5) is 6.54. The molecule has 3 nitrogen and oxygen atoms in total. The Kier molecular flexibility index (Phi) is 2.51. The molecule has 2 rings (SSSR count). The number of anilines is 1. The van der Waals surface area contributed by atoms with Gasteiger partial charge in [-0.1, -0.05) is 0 Å². The average molecular weight is 242 g/mol. The van der Waals surface area contributed by atoms with E-state index in [9.17, 15) is 0 Å². The van der Waals surface area contributed by atoms with Crippen molar-refractivity contribution in [3.63, 3.8) is 0 Å². The number of nitrogens with two attached hydrogens (primary N) is 1. The Morgan fingerprint density at radius 1 is 1.54 bits per heavy atom. The topological polar surface area (TPSA) is 42.1 Å². The number of rotatable bonds is 1. The van der Waals surface area contributed by atoms with Crippen molar-refractivity contribution in [1.82, 2.24) is 4.98 Å². The molecule has 0 aliphatic carbocycles. The van der Waals surface area contributed by atoms with E-state index in [4.69, 9.17) is 5.73 Å². The predicted octanol–water partition coefficient (Wildman–Crippen LogP) is 1.38. The summed E-state index contributed by atoms with van der Waals surface area (Å²) in [6.45, 7) is 1.95. The Morgan fingerprint density at radius 2 is 2.38 bits per heavy atom. The lowest BCUT2D eigenvalue weighted by atomic mass is 10.3. The van der Waals surface area contributed by atoms with Gasteiger partial charge < -0.3 is 10.6 Å². The second-order valence-corrected chi connectivity index (χ2v) is 4.25. The molecule has 4 heteroatoms. The van der Waals surface area contributed by atoms with Crippen LogP contribution in [0.4, 0.5) is 5.82 Å². The Balaban J connectivity index is 2.13. The molecule has 0 amide bonds. The van der Waals surface area contributed by atoms with E-state index < -0.39 is 0 Å². The third kappa shape index (κ3) is 2.00. The van der Waals surface area contributed by atoms with Crippen LogP contribution in [-0.2, 0) is 0 Å². The van der Waals surface area contributed by atoms with Gasteiger partial charge in [0.1, 0.15) is 5.82 Å². The van der Waals surface area contributed by atoms with Crippen molar-refractivity contribution in [3.8, 4) is 0 Å². The van der Waals surface area contributed by atoms with Crippen molar-refractivity contribution in [2.45, 2.75) is 12.5 Å². The first-order chi connectivity index (χ1) is 6.25. The molecule has 1 aromatic heterocycles. The SMILES string of the molecule is N[C@H]1CCN(c2ccc(Br)cn2)C1. The molecule has 1 saturated heterocycles. The molecular weight excluding hydrogens is 230 g/mol. The third-order valence-electron chi connectivity index (χ3n) is 2.26. The Labute approximate surface area is 86.1 Å². The van der Waals surface area contributed by atoms with Gasteiger partial charge in [-0.3, -0.25) is 0 Å². The molecule has 1 aromatic rings. The first kappa shape index (κ1) is 8.97. The fourth-order valence-corrected chi connectivity index (χ4v) is 1.79. The van der Waals surface area contributed by atoms with Crippen molar-refractivity contribution in [1.29, 1.82) is 0 Å². The predicted molar refractivity (Wildman–Crippen MR) is 56.7 cm³/mol. The van der Waals surface area contributed by atoms with Gasteiger partial charge >= 0.3 is 0 Å². The maximum atomic E-state index is 5.81. The molecule has 0 aromatic carbocycles. The summed E-state index contributed by atoms with van der Waals surface area (Å²) < 4.78 is 1.01. The van der Waals surface area contributed by atoms with Crippen LogP contribution >= 0.6 is 15.9 Å². The summed E-state index contributed by atoms with van der Waals surface area (Å²) in [5.74, 6) is 1.02. The van der Waals surface area contributed by atoms with Crippen LogP contribution in [0.2, 0.25) is 0 Å². The van der Waals surface area contributed by atoms with Gasteiger partial charge in [0, 0.05) is 29.8 Å². The van der Waals surface area contributed by atoms with E-state index in [0.717, 1.165) is 29.8 Å². The average Bonchev–Trinajstić information content (AvgIpc) is 2.53. The van der Waals surface area contributed by atoms with Crippen LogP contribution in [0, 0.1) is 0 Å². The molecule has 0 bridgehead atoms. The van der Waals surface area contributed by atoms with Gasteiger partial charge in [0.25, 0.3) is 0 Å². The van der Waals surface area contributed by atoms with Crippen LogP contribution in [0.15, 0.2) is 22.8 Å². The standard InChI is InChI=1S/C9H12BrN3/c10-7-1-2-9(12-5-7)13-4-3-8(11)6-13/h1-2,5,8H,3-4,6,11H2/t8-/m0/s1. The minimum Gasteiger partial charge on any atom is -0.355 e. The number of halogens is 1. The van der Waals surface area contributed by atoms with Crippen molar-refractivity contribution in [2.75, 3.05) is 18.0 Å². The van der Waals surface area contributed by atoms with Gasteiger partial charge in [-0.25, -0.2) is 4.98 Å². The first-order valence-corrected chi connectivity index (χ1v) is 5.17. The second-order valence-electron chi connectivity index (χ2n) is 3.33. The van der Waals surface area contributed by atoms with E-state index in [1.165, 1.54) is 0 Å². The molecule has 0 radical (unpaired) electrons. The van der Waals surface area contributed by atoms with Crippen LogP contribution in [-0.4, -0.2) is 24.1 Å². The van der Waals surface area contributed by atoms with Gasteiger partial charge in [-0.2, -0.15) is 0 Å². The minimum atomic E-state index is 0.311. The number of pyridine rings is 1. The quantitative estimate of drug-likeness (QED) is 0.808. The Hall–Kier alpha value is -0.610. The number of aromatic nitrogens is 1. The number of hydrogen-bond donors (Lipinski definition) is 1. The summed E-state index contributed by atoms with van der Waals surface area (Å²) in [6.07, 6.45) is 2.89. The van der Waals surface area contributed by atoms with Crippen molar-refractivity contribution in [2.24, 2.45) is 5.73 Å². The zero-order chi connectivity index (χ0) is 9.26. The van der Waals surface area contributed by atoms with E-state index in [1.807, 2.05) is 18.3 Å². The van der Waals surface area contributed by atoms with E-state index in [2.05, 4.69) is 25.8 Å². The zero-order valence-corrected chi connectivity index (χ0v) is 8.87. The lowest BCUT2D eigenvalue weighted by molar-refractivity contribution is 0.751. The largest absolute Gasteiger partial charge is 0.355 e. The van der Waals surface area contributed by atoms with E-state index >= 15 is 0 Å². The molecular formula is C9H12BrN3. The molecule has 13 heavy (non-hydrogen) atoms. The van der Waals surface area contributed by atoms with Crippen LogP contribution in [0.1, 0.15) is 6.42 Å². The molecule has 0 saturated carbocycles. The fourth-order valence-electron chi connectivity index (χ4n) is 1.55. The molecule has 2 heterocycles. The van der Waals surface area contributed by atoms with Crippen molar-refractivity contribution < 1.29 is 0 Å². The van der Waals surface area contributed by atoms with Gasteiger partial charge in [-0.15, -0.1) is 0 Å². The Bertz CT molecular complexity index is 285. The summed E-state index contributed by atoms with van der Waals surface area (Å²) in [6, 6.07) is 4.33. The zero-order valence-electron chi connectivity index (χ0n) is 7.28. The summed E-state index contributed by atoms with van der Waals surface area (Å²) in [5.41, 5.74) is 5.81. The maximum Gasteiger partial charge on any atom is 0.128 e. The lowest BCUT2D eigenvalue weighted by Gasteiger charge is -2.16. The van der Waals surface area contributed by atoms with Gasteiger partial charge in [0.05, 0.1) is 0 Å². The summed E-state index contributed by atoms with van der Waals surface area (Å²) in [7, 11) is 0. The number of nitrogens with zero attached hydrogens (tertiary/aromatic N) is 2. The molecule has 0 unspecified atom stereocenters. The number of hydrogen-bond acceptors (Lipinski definition) is 3. The normalized spacial score (nSPS) is 22.3. The van der Waals surface area contributed by atoms with Gasteiger partial charge in [-0.05, 0) is 34.5 Å². The highest BCUT2D eigenvalue weighted by Crippen LogP contribution is 2.18. The monoisotopic (exact) mass is 241 g/mol. The maximum absolute atomic E-state index is 5.81. The lowest BCUT2D eigenvalue weighted by Crippen LogP contribution is -2.26. The van der Waals surface area contributed by atoms with Gasteiger partial charge in [0.2, 0.25) is 0 Å². The first-order valence-electron chi connectivity index (χ1n) is 4.38. The highest BCUT2D eigenvalue weighted by atomic mass is 79.9. The minimum absolute atomic E-state index is 0.311. The molecule has 1 aliphatic rings. The van der Waals surface area contributed by atoms with Crippen LogP contribution in [0.25, 0.3) is 0 Å². The summed E-state index contributed by atoms with van der Waals surface area (Å²) in [5, 5.41) is 0. The highest BCUT2D eigenvalue weighted by molar-refractivity contribution is 9.10. The second kappa shape index (κ2) is 3.64. The third-order valence-corrected chi connectivity index (χ3v) is 2.73. The van der Waals surface area contributed by atoms with E-state index in [-0.39, 0.29) is 0 Å². The van der Waals surface area contributed by atoms with Crippen LogP contribution < -0.4 is 10.6 Å². The van der Waals surface area contributed by atoms with E-state index in [0.29, 0.717) is 6.04 Å². The molecule has 1 fully saturated rings.